The van der Waals surface area contributed by atoms with Crippen LogP contribution in [0.2, 0.25) is 0 Å². The topological polar surface area (TPSA) is 20.3 Å². The Kier molecular flexibility index (Phi) is 2.35. The summed E-state index contributed by atoms with van der Waals surface area (Å²) < 4.78 is 0. The van der Waals surface area contributed by atoms with Gasteiger partial charge in [0.25, 0.3) is 0 Å². The number of fused-ring (bicyclic) bond motifs is 2. The molecule has 0 aromatic carbocycles. The number of rotatable bonds is 2. The molecule has 3 fully saturated rings. The molecule has 0 N–H and O–H groups in total. The Hall–Kier alpha value is -0.370. The first kappa shape index (κ1) is 9.83. The van der Waals surface area contributed by atoms with Crippen LogP contribution in [0, 0.1) is 17.8 Å². The number of ketones is 1. The fraction of sp³-hybridized carbons (Fsp3) is 0.923. The molecule has 2 nitrogen and oxygen atoms in total. The number of carbonyl (C=O) groups is 1. The van der Waals surface area contributed by atoms with Gasteiger partial charge in [0.05, 0.1) is 0 Å². The highest BCUT2D eigenvalue weighted by Crippen LogP contribution is 2.46. The zero-order valence-corrected chi connectivity index (χ0v) is 9.61. The van der Waals surface area contributed by atoms with Crippen LogP contribution >= 0.6 is 0 Å². The number of nitrogens with zero attached hydrogens (tertiary/aromatic N) is 1. The molecule has 15 heavy (non-hydrogen) atoms. The molecule has 0 radical (unpaired) electrons. The van der Waals surface area contributed by atoms with E-state index in [4.69, 9.17) is 0 Å². The Morgan fingerprint density at radius 1 is 1.33 bits per heavy atom. The Morgan fingerprint density at radius 3 is 2.80 bits per heavy atom. The van der Waals surface area contributed by atoms with Crippen molar-refractivity contribution in [1.29, 1.82) is 0 Å². The fourth-order valence-electron chi connectivity index (χ4n) is 3.93. The van der Waals surface area contributed by atoms with Gasteiger partial charge >= 0.3 is 0 Å². The number of hydrogen-bond acceptors (Lipinski definition) is 2. The molecule has 1 heterocycles. The third kappa shape index (κ3) is 1.54. The average molecular weight is 207 g/mol. The van der Waals surface area contributed by atoms with E-state index in [0.29, 0.717) is 17.6 Å². The van der Waals surface area contributed by atoms with E-state index >= 15 is 0 Å². The summed E-state index contributed by atoms with van der Waals surface area (Å²) in [5.74, 6) is 2.21. The zero-order valence-electron chi connectivity index (χ0n) is 9.61. The molecule has 1 aliphatic heterocycles. The van der Waals surface area contributed by atoms with Crippen LogP contribution in [0.15, 0.2) is 0 Å². The minimum absolute atomic E-state index is 0.407. The van der Waals surface area contributed by atoms with Gasteiger partial charge in [0, 0.05) is 24.4 Å². The molecule has 84 valence electrons. The van der Waals surface area contributed by atoms with Crippen molar-refractivity contribution in [3.8, 4) is 0 Å². The normalized spacial score (nSPS) is 45.5. The Bertz CT molecular complexity index is 276. The van der Waals surface area contributed by atoms with Crippen LogP contribution in [-0.4, -0.2) is 29.8 Å². The van der Waals surface area contributed by atoms with Gasteiger partial charge < -0.3 is 0 Å². The molecular weight excluding hydrogens is 186 g/mol. The van der Waals surface area contributed by atoms with Gasteiger partial charge in [-0.15, -0.1) is 0 Å². The molecule has 0 aromatic heterocycles. The molecule has 2 bridgehead atoms. The van der Waals surface area contributed by atoms with Crippen molar-refractivity contribution in [2.24, 2.45) is 17.8 Å². The van der Waals surface area contributed by atoms with E-state index in [1.54, 1.807) is 0 Å². The molecule has 0 aromatic rings. The van der Waals surface area contributed by atoms with Crippen LogP contribution < -0.4 is 0 Å². The van der Waals surface area contributed by atoms with Crippen LogP contribution in [0.25, 0.3) is 0 Å². The Morgan fingerprint density at radius 2 is 2.20 bits per heavy atom. The van der Waals surface area contributed by atoms with E-state index in [9.17, 15) is 4.79 Å². The third-order valence-electron chi connectivity index (χ3n) is 4.93. The van der Waals surface area contributed by atoms with Crippen LogP contribution in [0.4, 0.5) is 0 Å². The van der Waals surface area contributed by atoms with E-state index in [1.165, 1.54) is 38.6 Å². The fourth-order valence-corrected chi connectivity index (χ4v) is 3.93. The van der Waals surface area contributed by atoms with Crippen molar-refractivity contribution in [2.45, 2.75) is 45.1 Å². The molecule has 2 heteroatoms. The van der Waals surface area contributed by atoms with Gasteiger partial charge in [0.15, 0.2) is 0 Å². The molecule has 0 spiro atoms. The predicted molar refractivity (Wildman–Crippen MR) is 59.6 cm³/mol. The summed E-state index contributed by atoms with van der Waals surface area (Å²) in [6.45, 7) is 4.61. The van der Waals surface area contributed by atoms with Crippen LogP contribution in [0.3, 0.4) is 0 Å². The highest BCUT2D eigenvalue weighted by atomic mass is 16.1. The second kappa shape index (κ2) is 3.58. The first-order valence-electron chi connectivity index (χ1n) is 6.53. The van der Waals surface area contributed by atoms with Gasteiger partial charge in [0.1, 0.15) is 5.78 Å². The minimum atomic E-state index is 0.407. The summed E-state index contributed by atoms with van der Waals surface area (Å²) in [6.07, 6.45) is 6.38. The van der Waals surface area contributed by atoms with Crippen molar-refractivity contribution < 1.29 is 4.79 Å². The molecule has 0 amide bonds. The zero-order chi connectivity index (χ0) is 10.4. The Balaban J connectivity index is 1.66. The second-order valence-electron chi connectivity index (χ2n) is 5.77. The molecule has 3 rings (SSSR count). The summed E-state index contributed by atoms with van der Waals surface area (Å²) in [5.41, 5.74) is 0. The number of Topliss-reactive ketones (excluding diaryl/α,β-unsaturated/α-hetero) is 1. The lowest BCUT2D eigenvalue weighted by Crippen LogP contribution is -2.37. The van der Waals surface area contributed by atoms with E-state index in [-0.39, 0.29) is 0 Å². The summed E-state index contributed by atoms with van der Waals surface area (Å²) in [4.78, 5) is 14.6. The number of hydrogen-bond donors (Lipinski definition) is 0. The molecule has 4 atom stereocenters. The second-order valence-corrected chi connectivity index (χ2v) is 5.77. The van der Waals surface area contributed by atoms with Crippen molar-refractivity contribution in [2.75, 3.05) is 13.1 Å². The van der Waals surface area contributed by atoms with Crippen LogP contribution in [0.5, 0.6) is 0 Å². The lowest BCUT2D eigenvalue weighted by Gasteiger charge is -2.28. The van der Waals surface area contributed by atoms with Crippen molar-refractivity contribution in [3.63, 3.8) is 0 Å². The average Bonchev–Trinajstić information content (AvgIpc) is 2.87. The Labute approximate surface area is 92.0 Å². The van der Waals surface area contributed by atoms with Crippen molar-refractivity contribution in [1.82, 2.24) is 4.90 Å². The van der Waals surface area contributed by atoms with E-state index in [0.717, 1.165) is 18.5 Å². The van der Waals surface area contributed by atoms with Gasteiger partial charge in [-0.3, -0.25) is 9.69 Å². The summed E-state index contributed by atoms with van der Waals surface area (Å²) >= 11 is 0. The summed E-state index contributed by atoms with van der Waals surface area (Å²) in [7, 11) is 0. The van der Waals surface area contributed by atoms with Gasteiger partial charge in [-0.05, 0) is 51.5 Å². The standard InChI is InChI=1S/C13H21NO/c1-9-3-2-6-14(9)8-12-10-4-5-11(7-10)13(12)15/h9-12H,2-8H2,1H3. The molecule has 2 aliphatic carbocycles. The van der Waals surface area contributed by atoms with E-state index in [2.05, 4.69) is 11.8 Å². The SMILES string of the molecule is CC1CCCN1CC1C(=O)C2CCC1C2. The van der Waals surface area contributed by atoms with Crippen molar-refractivity contribution in [3.05, 3.63) is 0 Å². The molecule has 2 saturated carbocycles. The predicted octanol–water partition coefficient (Wildman–Crippen LogP) is 2.09. The maximum atomic E-state index is 12.0. The summed E-state index contributed by atoms with van der Waals surface area (Å²) in [6, 6.07) is 0.719. The van der Waals surface area contributed by atoms with Crippen LogP contribution in [-0.2, 0) is 4.79 Å². The van der Waals surface area contributed by atoms with Gasteiger partial charge in [-0.2, -0.15) is 0 Å². The maximum Gasteiger partial charge on any atom is 0.140 e. The van der Waals surface area contributed by atoms with E-state index < -0.39 is 0 Å². The lowest BCUT2D eigenvalue weighted by molar-refractivity contribution is -0.126. The molecule has 1 saturated heterocycles. The van der Waals surface area contributed by atoms with Crippen LogP contribution in [0.1, 0.15) is 39.0 Å². The highest BCUT2D eigenvalue weighted by molar-refractivity contribution is 5.87. The first-order valence-corrected chi connectivity index (χ1v) is 6.53. The number of carbonyl (C=O) groups excluding carboxylic acids is 1. The lowest BCUT2D eigenvalue weighted by atomic mass is 9.87. The van der Waals surface area contributed by atoms with Gasteiger partial charge in [0.2, 0.25) is 0 Å². The minimum Gasteiger partial charge on any atom is -0.300 e. The monoisotopic (exact) mass is 207 g/mol. The quantitative estimate of drug-likeness (QED) is 0.691. The van der Waals surface area contributed by atoms with Crippen molar-refractivity contribution >= 4 is 5.78 Å². The first-order chi connectivity index (χ1) is 7.25. The molecule has 4 unspecified atom stereocenters. The van der Waals surface area contributed by atoms with Gasteiger partial charge in [-0.1, -0.05) is 0 Å². The third-order valence-corrected chi connectivity index (χ3v) is 4.93. The largest absolute Gasteiger partial charge is 0.300 e. The molecule has 3 aliphatic rings. The number of likely N-dealkylation sites (tertiary alicyclic amines) is 1. The van der Waals surface area contributed by atoms with E-state index in [1.807, 2.05) is 0 Å². The maximum absolute atomic E-state index is 12.0. The van der Waals surface area contributed by atoms with Gasteiger partial charge in [-0.25, -0.2) is 0 Å². The molecular formula is C13H21NO. The summed E-state index contributed by atoms with van der Waals surface area (Å²) in [5, 5.41) is 0. The smallest absolute Gasteiger partial charge is 0.140 e. The highest BCUT2D eigenvalue weighted by Gasteiger charge is 2.47.